The minimum absolute atomic E-state index is 0.0632. The highest BCUT2D eigenvalue weighted by molar-refractivity contribution is 5.74. The summed E-state index contributed by atoms with van der Waals surface area (Å²) in [5, 5.41) is 0. The molecule has 1 saturated heterocycles. The number of nitrogens with zero attached hydrogens (tertiary/aromatic N) is 1. The van der Waals surface area contributed by atoms with E-state index in [0.29, 0.717) is 24.5 Å². The first kappa shape index (κ1) is 18.6. The van der Waals surface area contributed by atoms with E-state index in [1.165, 1.54) is 0 Å². The monoisotopic (exact) mass is 387 g/mol. The van der Waals surface area contributed by atoms with Crippen molar-refractivity contribution in [3.8, 4) is 0 Å². The molecule has 1 amide bonds. The van der Waals surface area contributed by atoms with Crippen LogP contribution in [0.5, 0.6) is 0 Å². The lowest BCUT2D eigenvalue weighted by molar-refractivity contribution is 0.0510. The maximum atomic E-state index is 14.2. The van der Waals surface area contributed by atoms with Crippen LogP contribution < -0.4 is 0 Å². The lowest BCUT2D eigenvalue weighted by Gasteiger charge is -2.44. The minimum Gasteiger partial charge on any atom is -0.445 e. The summed E-state index contributed by atoms with van der Waals surface area (Å²) in [6.45, 7) is 0.177. The van der Waals surface area contributed by atoms with Gasteiger partial charge in [-0.15, -0.1) is 0 Å². The highest BCUT2D eigenvalue weighted by Crippen LogP contribution is 2.38. The molecule has 2 atom stereocenters. The number of hydrogen-bond acceptors (Lipinski definition) is 2. The molecular weight excluding hydrogens is 367 g/mol. The molecular formula is C22H20F3NO2. The number of fused-ring (bicyclic) bond motifs is 2. The summed E-state index contributed by atoms with van der Waals surface area (Å²) in [6, 6.07) is 10.5. The van der Waals surface area contributed by atoms with Gasteiger partial charge in [-0.05, 0) is 42.9 Å². The number of carbonyl (C=O) groups is 1. The van der Waals surface area contributed by atoms with Gasteiger partial charge < -0.3 is 4.74 Å². The van der Waals surface area contributed by atoms with Crippen molar-refractivity contribution in [2.75, 3.05) is 0 Å². The van der Waals surface area contributed by atoms with Crippen molar-refractivity contribution in [2.24, 2.45) is 0 Å². The minimum atomic E-state index is -1.20. The van der Waals surface area contributed by atoms with Crippen LogP contribution in [-0.2, 0) is 11.3 Å². The van der Waals surface area contributed by atoms with E-state index in [-0.39, 0.29) is 24.3 Å². The van der Waals surface area contributed by atoms with Crippen molar-refractivity contribution in [3.63, 3.8) is 0 Å². The van der Waals surface area contributed by atoms with Gasteiger partial charge in [0.15, 0.2) is 11.6 Å². The molecule has 28 heavy (non-hydrogen) atoms. The molecule has 0 aliphatic carbocycles. The number of carbonyl (C=O) groups excluding carboxylic acids is 1. The highest BCUT2D eigenvalue weighted by Gasteiger charge is 2.38. The summed E-state index contributed by atoms with van der Waals surface area (Å²) >= 11 is 0. The summed E-state index contributed by atoms with van der Waals surface area (Å²) in [6.07, 6.45) is 4.06. The number of benzene rings is 2. The van der Waals surface area contributed by atoms with Gasteiger partial charge in [-0.25, -0.2) is 18.0 Å². The Morgan fingerprint density at radius 2 is 1.89 bits per heavy atom. The lowest BCUT2D eigenvalue weighted by Crippen LogP contribution is -2.51. The Labute approximate surface area is 161 Å². The fourth-order valence-electron chi connectivity index (χ4n) is 4.10. The molecule has 0 radical (unpaired) electrons. The first-order valence-electron chi connectivity index (χ1n) is 9.37. The molecule has 2 unspecified atom stereocenters. The second-order valence-electron chi connectivity index (χ2n) is 7.24. The van der Waals surface area contributed by atoms with E-state index in [0.717, 1.165) is 24.5 Å². The zero-order valence-electron chi connectivity index (χ0n) is 15.2. The van der Waals surface area contributed by atoms with E-state index < -0.39 is 23.5 Å². The number of halogens is 3. The first-order chi connectivity index (χ1) is 13.5. The smallest absolute Gasteiger partial charge is 0.410 e. The first-order valence-corrected chi connectivity index (χ1v) is 9.37. The van der Waals surface area contributed by atoms with Gasteiger partial charge in [0, 0.05) is 17.7 Å². The van der Waals surface area contributed by atoms with Gasteiger partial charge in [-0.1, -0.05) is 36.4 Å². The van der Waals surface area contributed by atoms with Crippen LogP contribution in [0.15, 0.2) is 48.5 Å². The molecule has 4 rings (SSSR count). The molecule has 6 heteroatoms. The van der Waals surface area contributed by atoms with Crippen LogP contribution in [0, 0.1) is 17.5 Å². The quantitative estimate of drug-likeness (QED) is 0.656. The van der Waals surface area contributed by atoms with Crippen LogP contribution in [0.1, 0.15) is 36.8 Å². The summed E-state index contributed by atoms with van der Waals surface area (Å²) in [5.41, 5.74) is 1.37. The topological polar surface area (TPSA) is 29.5 Å². The maximum absolute atomic E-state index is 14.2. The third-order valence-corrected chi connectivity index (χ3v) is 5.39. The standard InChI is InChI=1S/C22H20F3NO2/c23-16-11-19(21(25)20(24)12-16)15-9-17-7-4-8-18(10-15)26(17)22(27)28-13-14-5-2-1-3-6-14/h1-3,5-6,9,11-12,17-18H,4,7-8,10,13H2. The molecule has 2 heterocycles. The Bertz CT molecular complexity index is 913. The average molecular weight is 387 g/mol. The van der Waals surface area contributed by atoms with Crippen LogP contribution in [0.2, 0.25) is 0 Å². The zero-order chi connectivity index (χ0) is 19.7. The van der Waals surface area contributed by atoms with E-state index in [9.17, 15) is 18.0 Å². The Hall–Kier alpha value is -2.76. The van der Waals surface area contributed by atoms with E-state index in [1.807, 2.05) is 30.3 Å². The summed E-state index contributed by atoms with van der Waals surface area (Å²) in [5.74, 6) is -3.07. The molecule has 0 saturated carbocycles. The number of piperidine rings is 1. The Morgan fingerprint density at radius 1 is 1.11 bits per heavy atom. The normalized spacial score (nSPS) is 21.2. The molecule has 2 aromatic rings. The van der Waals surface area contributed by atoms with Gasteiger partial charge in [0.25, 0.3) is 0 Å². The molecule has 2 aliphatic heterocycles. The third kappa shape index (κ3) is 3.63. The molecule has 0 N–H and O–H groups in total. The summed E-state index contributed by atoms with van der Waals surface area (Å²) in [4.78, 5) is 14.4. The molecule has 2 bridgehead atoms. The van der Waals surface area contributed by atoms with Crippen LogP contribution in [0.4, 0.5) is 18.0 Å². The predicted molar refractivity (Wildman–Crippen MR) is 98.8 cm³/mol. The largest absolute Gasteiger partial charge is 0.445 e. The summed E-state index contributed by atoms with van der Waals surface area (Å²) < 4.78 is 46.9. The summed E-state index contributed by atoms with van der Waals surface area (Å²) in [7, 11) is 0. The van der Waals surface area contributed by atoms with E-state index in [4.69, 9.17) is 4.74 Å². The molecule has 2 aromatic carbocycles. The Kier molecular flexibility index (Phi) is 5.11. The van der Waals surface area contributed by atoms with Crippen molar-refractivity contribution in [3.05, 3.63) is 77.1 Å². The van der Waals surface area contributed by atoms with E-state index in [1.54, 1.807) is 11.0 Å². The van der Waals surface area contributed by atoms with E-state index in [2.05, 4.69) is 0 Å². The van der Waals surface area contributed by atoms with Crippen LogP contribution in [0.3, 0.4) is 0 Å². The molecule has 0 aromatic heterocycles. The van der Waals surface area contributed by atoms with Crippen LogP contribution in [0.25, 0.3) is 5.57 Å². The molecule has 2 aliphatic rings. The van der Waals surface area contributed by atoms with Gasteiger partial charge >= 0.3 is 6.09 Å². The maximum Gasteiger partial charge on any atom is 0.410 e. The number of rotatable bonds is 3. The second kappa shape index (κ2) is 7.70. The molecule has 1 fully saturated rings. The predicted octanol–water partition coefficient (Wildman–Crippen LogP) is 5.45. The Balaban J connectivity index is 1.55. The highest BCUT2D eigenvalue weighted by atomic mass is 19.2. The fraction of sp³-hybridized carbons (Fsp3) is 0.318. The van der Waals surface area contributed by atoms with Crippen LogP contribution >= 0.6 is 0 Å². The fourth-order valence-corrected chi connectivity index (χ4v) is 4.10. The zero-order valence-corrected chi connectivity index (χ0v) is 15.2. The van der Waals surface area contributed by atoms with Crippen LogP contribution in [-0.4, -0.2) is 23.1 Å². The van der Waals surface area contributed by atoms with Crippen molar-refractivity contribution in [1.29, 1.82) is 0 Å². The second-order valence-corrected chi connectivity index (χ2v) is 7.24. The van der Waals surface area contributed by atoms with Gasteiger partial charge in [0.05, 0.1) is 6.04 Å². The molecule has 0 spiro atoms. The SMILES string of the molecule is O=C(OCc1ccccc1)N1C2C=C(c3cc(F)cc(F)c3F)CC1CCC2. The van der Waals surface area contributed by atoms with Gasteiger partial charge in [0.2, 0.25) is 0 Å². The number of amides is 1. The van der Waals surface area contributed by atoms with Gasteiger partial charge in [-0.2, -0.15) is 0 Å². The lowest BCUT2D eigenvalue weighted by atomic mass is 9.83. The third-order valence-electron chi connectivity index (χ3n) is 5.39. The molecule has 146 valence electrons. The number of hydrogen-bond donors (Lipinski definition) is 0. The van der Waals surface area contributed by atoms with Gasteiger partial charge in [0.1, 0.15) is 12.4 Å². The average Bonchev–Trinajstić information content (AvgIpc) is 2.68. The van der Waals surface area contributed by atoms with E-state index >= 15 is 0 Å². The Morgan fingerprint density at radius 3 is 2.64 bits per heavy atom. The van der Waals surface area contributed by atoms with Crippen molar-refractivity contribution in [2.45, 2.75) is 44.4 Å². The van der Waals surface area contributed by atoms with Crippen molar-refractivity contribution < 1.29 is 22.7 Å². The van der Waals surface area contributed by atoms with Crippen molar-refractivity contribution >= 4 is 11.7 Å². The number of ether oxygens (including phenoxy) is 1. The van der Waals surface area contributed by atoms with Gasteiger partial charge in [-0.3, -0.25) is 4.90 Å². The molecule has 3 nitrogen and oxygen atoms in total. The van der Waals surface area contributed by atoms with Crippen molar-refractivity contribution in [1.82, 2.24) is 4.90 Å².